The Morgan fingerprint density at radius 1 is 1.39 bits per heavy atom. The van der Waals surface area contributed by atoms with Gasteiger partial charge in [-0.15, -0.1) is 0 Å². The van der Waals surface area contributed by atoms with E-state index in [9.17, 15) is 26.4 Å². The summed E-state index contributed by atoms with van der Waals surface area (Å²) in [6.45, 7) is 3.27. The number of carbonyl (C=O) groups is 1. The van der Waals surface area contributed by atoms with Gasteiger partial charge in [-0.25, -0.2) is 13.4 Å². The number of likely N-dealkylation sites (tertiary alicyclic amines) is 1. The number of benzene rings is 1. The zero-order chi connectivity index (χ0) is 22.8. The maximum absolute atomic E-state index is 13.2. The number of sulfone groups is 1. The number of fused-ring (bicyclic) bond motifs is 1. The molecule has 1 aromatic heterocycles. The molecule has 1 saturated heterocycles. The summed E-state index contributed by atoms with van der Waals surface area (Å²) in [4.78, 5) is 18.9. The number of hydrogen-bond donors (Lipinski definition) is 0. The number of oxazole rings is 1. The fourth-order valence-electron chi connectivity index (χ4n) is 3.99. The molecular formula is C20H21F3N2O5S. The first-order valence-electron chi connectivity index (χ1n) is 9.60. The fraction of sp³-hybridized carbons (Fsp3) is 0.500. The van der Waals surface area contributed by atoms with E-state index in [1.165, 1.54) is 11.2 Å². The van der Waals surface area contributed by atoms with Crippen LogP contribution in [0, 0.1) is 12.8 Å². The van der Waals surface area contributed by atoms with Crippen molar-refractivity contribution >= 4 is 15.7 Å². The number of aromatic nitrogens is 1. The Morgan fingerprint density at radius 3 is 2.68 bits per heavy atom. The molecule has 11 heteroatoms. The van der Waals surface area contributed by atoms with Crippen molar-refractivity contribution in [3.63, 3.8) is 0 Å². The number of piperidine rings is 1. The average Bonchev–Trinajstić information content (AvgIpc) is 2.99. The summed E-state index contributed by atoms with van der Waals surface area (Å²) in [5.74, 6) is -0.239. The minimum Gasteiger partial charge on any atom is -0.480 e. The van der Waals surface area contributed by atoms with Gasteiger partial charge in [0.25, 0.3) is 5.91 Å². The Bertz CT molecular complexity index is 1140. The second-order valence-electron chi connectivity index (χ2n) is 8.27. The molecule has 31 heavy (non-hydrogen) atoms. The Labute approximate surface area is 177 Å². The molecule has 2 aliphatic rings. The van der Waals surface area contributed by atoms with Crippen molar-refractivity contribution in [3.05, 3.63) is 41.6 Å². The third kappa shape index (κ3) is 3.90. The normalized spacial score (nSPS) is 24.1. The number of nitrogens with zero attached hydrogens (tertiary/aromatic N) is 2. The van der Waals surface area contributed by atoms with Crippen LogP contribution in [-0.4, -0.2) is 55.8 Å². The maximum Gasteiger partial charge on any atom is 0.425 e. The van der Waals surface area contributed by atoms with Crippen molar-refractivity contribution in [3.8, 4) is 5.75 Å². The van der Waals surface area contributed by atoms with E-state index < -0.39 is 33.4 Å². The molecule has 168 valence electrons. The van der Waals surface area contributed by atoms with E-state index >= 15 is 0 Å². The van der Waals surface area contributed by atoms with Crippen LogP contribution in [0.2, 0.25) is 0 Å². The molecule has 7 nitrogen and oxygen atoms in total. The average molecular weight is 458 g/mol. The quantitative estimate of drug-likeness (QED) is 0.684. The van der Waals surface area contributed by atoms with E-state index in [0.717, 1.165) is 43.5 Å². The van der Waals surface area contributed by atoms with Crippen molar-refractivity contribution in [1.82, 2.24) is 9.88 Å². The highest BCUT2D eigenvalue weighted by atomic mass is 32.2. The summed E-state index contributed by atoms with van der Waals surface area (Å²) in [6.07, 6.45) is -3.52. The van der Waals surface area contributed by atoms with Crippen molar-refractivity contribution in [2.24, 2.45) is 5.92 Å². The molecule has 4 rings (SSSR count). The van der Waals surface area contributed by atoms with Crippen molar-refractivity contribution < 1.29 is 35.5 Å². The monoisotopic (exact) mass is 458 g/mol. The zero-order valence-corrected chi connectivity index (χ0v) is 17.9. The lowest BCUT2D eigenvalue weighted by molar-refractivity contribution is -0.189. The summed E-state index contributed by atoms with van der Waals surface area (Å²) in [7, 11) is -3.68. The molecule has 0 radical (unpaired) electrons. The smallest absolute Gasteiger partial charge is 0.425 e. The highest BCUT2D eigenvalue weighted by Gasteiger charge is 2.65. The minimum absolute atomic E-state index is 0.131. The number of amides is 1. The third-order valence-corrected chi connectivity index (χ3v) is 6.96. The summed E-state index contributed by atoms with van der Waals surface area (Å²) in [5, 5.41) is 0. The van der Waals surface area contributed by atoms with Gasteiger partial charge in [0.2, 0.25) is 5.89 Å². The predicted octanol–water partition coefficient (Wildman–Crippen LogP) is 3.13. The van der Waals surface area contributed by atoms with Crippen LogP contribution in [0.25, 0.3) is 0 Å². The highest BCUT2D eigenvalue weighted by Crippen LogP contribution is 2.58. The van der Waals surface area contributed by atoms with Crippen molar-refractivity contribution in [1.29, 1.82) is 0 Å². The van der Waals surface area contributed by atoms with Crippen LogP contribution in [0.15, 0.2) is 33.8 Å². The Balaban J connectivity index is 1.65. The molecule has 0 spiro atoms. The van der Waals surface area contributed by atoms with Crippen LogP contribution in [0.3, 0.4) is 0 Å². The molecule has 2 aromatic rings. The van der Waals surface area contributed by atoms with Gasteiger partial charge in [0.15, 0.2) is 15.9 Å². The molecule has 3 atom stereocenters. The van der Waals surface area contributed by atoms with Crippen molar-refractivity contribution in [2.75, 3.05) is 19.3 Å². The molecule has 0 bridgehead atoms. The second kappa shape index (κ2) is 6.98. The number of alkyl halides is 3. The van der Waals surface area contributed by atoms with Gasteiger partial charge in [0, 0.05) is 19.3 Å². The van der Waals surface area contributed by atoms with E-state index in [1.54, 1.807) is 6.92 Å². The summed E-state index contributed by atoms with van der Waals surface area (Å²) in [5.41, 5.74) is 0.0927. The summed E-state index contributed by atoms with van der Waals surface area (Å²) < 4.78 is 73.4. The van der Waals surface area contributed by atoms with Gasteiger partial charge in [-0.05, 0) is 44.4 Å². The molecule has 0 N–H and O–H groups in total. The van der Waals surface area contributed by atoms with Gasteiger partial charge < -0.3 is 14.1 Å². The van der Waals surface area contributed by atoms with Crippen LogP contribution >= 0.6 is 0 Å². The van der Waals surface area contributed by atoms with Gasteiger partial charge in [-0.2, -0.15) is 13.2 Å². The molecule has 1 aliphatic carbocycles. The van der Waals surface area contributed by atoms with Gasteiger partial charge in [0.1, 0.15) is 12.0 Å². The van der Waals surface area contributed by atoms with E-state index in [0.29, 0.717) is 12.4 Å². The summed E-state index contributed by atoms with van der Waals surface area (Å²) in [6, 6.07) is 3.29. The number of hydrogen-bond acceptors (Lipinski definition) is 6. The second-order valence-corrected chi connectivity index (χ2v) is 10.3. The fourth-order valence-corrected chi connectivity index (χ4v) is 4.64. The topological polar surface area (TPSA) is 89.7 Å². The Kier molecular flexibility index (Phi) is 4.87. The van der Waals surface area contributed by atoms with Crippen LogP contribution in [0.1, 0.15) is 35.3 Å². The van der Waals surface area contributed by atoms with E-state index in [-0.39, 0.29) is 28.7 Å². The largest absolute Gasteiger partial charge is 0.480 e. The molecule has 1 saturated carbocycles. The third-order valence-electron chi connectivity index (χ3n) is 5.85. The van der Waals surface area contributed by atoms with Gasteiger partial charge in [0.05, 0.1) is 21.6 Å². The molecule has 1 aliphatic heterocycles. The van der Waals surface area contributed by atoms with Crippen molar-refractivity contribution in [2.45, 2.75) is 42.9 Å². The number of halogens is 3. The molecule has 2 fully saturated rings. The zero-order valence-electron chi connectivity index (χ0n) is 17.1. The van der Waals surface area contributed by atoms with E-state index in [1.807, 2.05) is 0 Å². The SMILES string of the molecule is Cc1coc(C23CC2CN(C(=O)c2cc(S(C)(=O)=O)ccc2OC(C)C(F)(F)F)C3)n1. The standard InChI is InChI=1S/C20H21F3N2O5S/c1-11-9-29-18(24-11)19-7-13(19)8-25(10-19)17(26)15-6-14(31(3,27)28)4-5-16(15)30-12(2)20(21,22)23/h4-6,9,12-13H,7-8,10H2,1-3H3. The molecule has 1 amide bonds. The highest BCUT2D eigenvalue weighted by molar-refractivity contribution is 7.90. The Morgan fingerprint density at radius 2 is 2.10 bits per heavy atom. The molecule has 3 unspecified atom stereocenters. The molecular weight excluding hydrogens is 437 g/mol. The lowest BCUT2D eigenvalue weighted by atomic mass is 10.1. The van der Waals surface area contributed by atoms with Crippen LogP contribution in [-0.2, 0) is 15.3 Å². The van der Waals surface area contributed by atoms with E-state index in [4.69, 9.17) is 9.15 Å². The van der Waals surface area contributed by atoms with Crippen LogP contribution in [0.5, 0.6) is 5.75 Å². The predicted molar refractivity (Wildman–Crippen MR) is 103 cm³/mol. The lowest BCUT2D eigenvalue weighted by Gasteiger charge is -2.24. The van der Waals surface area contributed by atoms with Gasteiger partial charge in [-0.3, -0.25) is 4.79 Å². The first-order valence-corrected chi connectivity index (χ1v) is 11.5. The number of rotatable bonds is 5. The number of carbonyl (C=O) groups excluding carboxylic acids is 1. The lowest BCUT2D eigenvalue weighted by Crippen LogP contribution is -2.35. The van der Waals surface area contributed by atoms with Gasteiger partial charge >= 0.3 is 6.18 Å². The summed E-state index contributed by atoms with van der Waals surface area (Å²) >= 11 is 0. The Hall–Kier alpha value is -2.56. The van der Waals surface area contributed by atoms with E-state index in [2.05, 4.69) is 4.98 Å². The molecule has 2 heterocycles. The first-order chi connectivity index (χ1) is 14.3. The van der Waals surface area contributed by atoms with Crippen LogP contribution in [0.4, 0.5) is 13.2 Å². The van der Waals surface area contributed by atoms with Gasteiger partial charge in [-0.1, -0.05) is 0 Å². The number of ether oxygens (including phenoxy) is 1. The molecule has 1 aromatic carbocycles. The maximum atomic E-state index is 13.2. The minimum atomic E-state index is -4.64. The first kappa shape index (κ1) is 21.7. The number of aryl methyl sites for hydroxylation is 1. The van der Waals surface area contributed by atoms with Crippen LogP contribution < -0.4 is 4.74 Å².